The van der Waals surface area contributed by atoms with Crippen molar-refractivity contribution in [3.05, 3.63) is 0 Å². The molecule has 2 amide bonds. The lowest BCUT2D eigenvalue weighted by Gasteiger charge is -2.34. The number of piperidine rings is 1. The van der Waals surface area contributed by atoms with Crippen LogP contribution in [-0.2, 0) is 4.79 Å². The third kappa shape index (κ3) is 5.19. The van der Waals surface area contributed by atoms with Crippen LogP contribution in [0.3, 0.4) is 0 Å². The minimum absolute atomic E-state index is 0.00641. The molecule has 1 saturated carbocycles. The summed E-state index contributed by atoms with van der Waals surface area (Å²) in [4.78, 5) is 24.6. The molecule has 3 N–H and O–H groups in total. The number of amides is 2. The molecule has 0 bridgehead atoms. The SMILES string of the molecule is O=C(O)CCC1CCN(C(=O)NC2CCC(O)CC2)CC1. The summed E-state index contributed by atoms with van der Waals surface area (Å²) in [6.45, 7) is 1.43. The fourth-order valence-electron chi connectivity index (χ4n) is 3.24. The van der Waals surface area contributed by atoms with Gasteiger partial charge in [-0.15, -0.1) is 0 Å². The van der Waals surface area contributed by atoms with Gasteiger partial charge in [-0.2, -0.15) is 0 Å². The minimum Gasteiger partial charge on any atom is -0.481 e. The van der Waals surface area contributed by atoms with E-state index in [9.17, 15) is 14.7 Å². The summed E-state index contributed by atoms with van der Waals surface area (Å²) in [6.07, 6.45) is 5.75. The van der Waals surface area contributed by atoms with Gasteiger partial charge in [-0.3, -0.25) is 4.79 Å². The Hall–Kier alpha value is -1.30. The van der Waals surface area contributed by atoms with E-state index in [1.807, 2.05) is 4.90 Å². The number of nitrogens with one attached hydrogen (secondary N) is 1. The number of aliphatic carboxylic acids is 1. The van der Waals surface area contributed by atoms with Crippen molar-refractivity contribution in [3.8, 4) is 0 Å². The van der Waals surface area contributed by atoms with Crippen molar-refractivity contribution in [3.63, 3.8) is 0 Å². The highest BCUT2D eigenvalue weighted by Crippen LogP contribution is 2.23. The first-order valence-electron chi connectivity index (χ1n) is 8.00. The second-order valence-electron chi connectivity index (χ2n) is 6.32. The maximum Gasteiger partial charge on any atom is 0.317 e. The molecule has 6 nitrogen and oxygen atoms in total. The van der Waals surface area contributed by atoms with Crippen LogP contribution in [0.2, 0.25) is 0 Å². The zero-order valence-corrected chi connectivity index (χ0v) is 12.5. The molecule has 0 radical (unpaired) electrons. The molecule has 6 heteroatoms. The fraction of sp³-hybridized carbons (Fsp3) is 0.867. The van der Waals surface area contributed by atoms with Crippen molar-refractivity contribution < 1.29 is 19.8 Å². The number of likely N-dealkylation sites (tertiary alicyclic amines) is 1. The van der Waals surface area contributed by atoms with Crippen LogP contribution in [0, 0.1) is 5.92 Å². The minimum atomic E-state index is -0.741. The third-order valence-electron chi connectivity index (χ3n) is 4.69. The van der Waals surface area contributed by atoms with E-state index in [2.05, 4.69) is 5.32 Å². The number of carbonyl (C=O) groups is 2. The number of rotatable bonds is 4. The summed E-state index contributed by atoms with van der Waals surface area (Å²) in [7, 11) is 0. The standard InChI is InChI=1S/C15H26N2O4/c18-13-4-2-12(3-5-13)16-15(21)17-9-7-11(8-10-17)1-6-14(19)20/h11-13,18H,1-10H2,(H,16,21)(H,19,20). The first-order chi connectivity index (χ1) is 10.0. The maximum absolute atomic E-state index is 12.2. The topological polar surface area (TPSA) is 89.9 Å². The molecule has 0 unspecified atom stereocenters. The Morgan fingerprint density at radius 2 is 1.67 bits per heavy atom. The smallest absolute Gasteiger partial charge is 0.317 e. The molecule has 2 aliphatic rings. The van der Waals surface area contributed by atoms with E-state index in [1.54, 1.807) is 0 Å². The van der Waals surface area contributed by atoms with Crippen molar-refractivity contribution in [1.82, 2.24) is 10.2 Å². The zero-order chi connectivity index (χ0) is 15.2. The van der Waals surface area contributed by atoms with Crippen LogP contribution in [0.25, 0.3) is 0 Å². The molecule has 0 atom stereocenters. The van der Waals surface area contributed by atoms with Gasteiger partial charge < -0.3 is 20.4 Å². The van der Waals surface area contributed by atoms with E-state index in [0.29, 0.717) is 25.4 Å². The number of carboxylic acid groups (broad SMARTS) is 1. The zero-order valence-electron chi connectivity index (χ0n) is 12.5. The Kier molecular flexibility index (Phi) is 5.85. The van der Waals surface area contributed by atoms with E-state index < -0.39 is 5.97 Å². The predicted octanol–water partition coefficient (Wildman–Crippen LogP) is 1.58. The van der Waals surface area contributed by atoms with E-state index in [-0.39, 0.29) is 24.6 Å². The highest BCUT2D eigenvalue weighted by Gasteiger charge is 2.26. The average Bonchev–Trinajstić information content (AvgIpc) is 2.48. The molecular weight excluding hydrogens is 272 g/mol. The average molecular weight is 298 g/mol. The predicted molar refractivity (Wildman–Crippen MR) is 78.0 cm³/mol. The fourth-order valence-corrected chi connectivity index (χ4v) is 3.24. The molecule has 0 aromatic carbocycles. The molecule has 1 aliphatic carbocycles. The quantitative estimate of drug-likeness (QED) is 0.735. The van der Waals surface area contributed by atoms with Gasteiger partial charge in [0.15, 0.2) is 0 Å². The summed E-state index contributed by atoms with van der Waals surface area (Å²) in [6, 6.07) is 0.179. The lowest BCUT2D eigenvalue weighted by molar-refractivity contribution is -0.137. The molecule has 1 heterocycles. The molecule has 120 valence electrons. The molecule has 2 rings (SSSR count). The van der Waals surface area contributed by atoms with Gasteiger partial charge in [0.2, 0.25) is 0 Å². The van der Waals surface area contributed by atoms with E-state index in [0.717, 1.165) is 38.5 Å². The third-order valence-corrected chi connectivity index (χ3v) is 4.69. The Bertz CT molecular complexity index is 359. The molecule has 0 aromatic heterocycles. The Morgan fingerprint density at radius 1 is 1.05 bits per heavy atom. The summed E-state index contributed by atoms with van der Waals surface area (Å²) in [5.74, 6) is -0.315. The van der Waals surface area contributed by atoms with Gasteiger partial charge in [0.1, 0.15) is 0 Å². The van der Waals surface area contributed by atoms with Gasteiger partial charge in [-0.05, 0) is 50.9 Å². The molecule has 1 saturated heterocycles. The number of aliphatic hydroxyl groups is 1. The molecular formula is C15H26N2O4. The number of hydrogen-bond acceptors (Lipinski definition) is 3. The molecule has 21 heavy (non-hydrogen) atoms. The Balaban J connectivity index is 1.67. The van der Waals surface area contributed by atoms with Crippen LogP contribution in [0.5, 0.6) is 0 Å². The molecule has 0 spiro atoms. The first-order valence-corrected chi connectivity index (χ1v) is 8.00. The lowest BCUT2D eigenvalue weighted by atomic mass is 9.92. The van der Waals surface area contributed by atoms with Crippen molar-refractivity contribution in [1.29, 1.82) is 0 Å². The van der Waals surface area contributed by atoms with E-state index in [1.165, 1.54) is 0 Å². The number of aliphatic hydroxyl groups excluding tert-OH is 1. The molecule has 1 aliphatic heterocycles. The van der Waals surface area contributed by atoms with Crippen LogP contribution in [0.4, 0.5) is 4.79 Å². The normalized spacial score (nSPS) is 27.4. The second kappa shape index (κ2) is 7.64. The van der Waals surface area contributed by atoms with Crippen molar-refractivity contribution in [2.75, 3.05) is 13.1 Å². The number of urea groups is 1. The second-order valence-corrected chi connectivity index (χ2v) is 6.32. The van der Waals surface area contributed by atoms with Crippen LogP contribution in [0.1, 0.15) is 51.4 Å². The van der Waals surface area contributed by atoms with Gasteiger partial charge in [0, 0.05) is 25.6 Å². The monoisotopic (exact) mass is 298 g/mol. The Morgan fingerprint density at radius 3 is 2.24 bits per heavy atom. The van der Waals surface area contributed by atoms with Gasteiger partial charge in [-0.25, -0.2) is 4.79 Å². The summed E-state index contributed by atoms with van der Waals surface area (Å²) in [5, 5.41) is 21.2. The summed E-state index contributed by atoms with van der Waals surface area (Å²) < 4.78 is 0. The van der Waals surface area contributed by atoms with Gasteiger partial charge >= 0.3 is 12.0 Å². The maximum atomic E-state index is 12.2. The number of carbonyl (C=O) groups excluding carboxylic acids is 1. The van der Waals surface area contributed by atoms with Crippen molar-refractivity contribution in [2.45, 2.75) is 63.5 Å². The highest BCUT2D eigenvalue weighted by molar-refractivity contribution is 5.74. The number of hydrogen-bond donors (Lipinski definition) is 3. The molecule has 0 aromatic rings. The lowest BCUT2D eigenvalue weighted by Crippen LogP contribution is -2.49. The first kappa shape index (κ1) is 16.1. The van der Waals surface area contributed by atoms with Gasteiger partial charge in [-0.1, -0.05) is 0 Å². The van der Waals surface area contributed by atoms with E-state index >= 15 is 0 Å². The van der Waals surface area contributed by atoms with E-state index in [4.69, 9.17) is 5.11 Å². The van der Waals surface area contributed by atoms with Crippen LogP contribution in [-0.4, -0.2) is 52.3 Å². The van der Waals surface area contributed by atoms with Crippen LogP contribution < -0.4 is 5.32 Å². The summed E-state index contributed by atoms with van der Waals surface area (Å²) in [5.41, 5.74) is 0. The summed E-state index contributed by atoms with van der Waals surface area (Å²) >= 11 is 0. The number of carboxylic acids is 1. The van der Waals surface area contributed by atoms with Gasteiger partial charge in [0.25, 0.3) is 0 Å². The van der Waals surface area contributed by atoms with Crippen LogP contribution >= 0.6 is 0 Å². The number of nitrogens with zero attached hydrogens (tertiary/aromatic N) is 1. The highest BCUT2D eigenvalue weighted by atomic mass is 16.4. The Labute approximate surface area is 125 Å². The molecule has 2 fully saturated rings. The van der Waals surface area contributed by atoms with Crippen molar-refractivity contribution >= 4 is 12.0 Å². The largest absolute Gasteiger partial charge is 0.481 e. The van der Waals surface area contributed by atoms with Gasteiger partial charge in [0.05, 0.1) is 6.10 Å². The van der Waals surface area contributed by atoms with Crippen LogP contribution in [0.15, 0.2) is 0 Å². The van der Waals surface area contributed by atoms with Crippen molar-refractivity contribution in [2.24, 2.45) is 5.92 Å².